The number of anilines is 1. The SMILES string of the molecule is C[C@H]1CN(C(=O)Nc2nn(C(C)(C)C)cc2C#N)CCO1. The lowest BCUT2D eigenvalue weighted by atomic mass is 10.1. The molecule has 0 bridgehead atoms. The fourth-order valence-electron chi connectivity index (χ4n) is 2.07. The van der Waals surface area contributed by atoms with Gasteiger partial charge < -0.3 is 9.64 Å². The van der Waals surface area contributed by atoms with Crippen molar-refractivity contribution in [1.29, 1.82) is 5.26 Å². The monoisotopic (exact) mass is 291 g/mol. The van der Waals surface area contributed by atoms with Gasteiger partial charge in [0.2, 0.25) is 0 Å². The molecule has 2 rings (SSSR count). The highest BCUT2D eigenvalue weighted by molar-refractivity contribution is 5.89. The Labute approximate surface area is 124 Å². The van der Waals surface area contributed by atoms with E-state index in [1.54, 1.807) is 15.8 Å². The molecule has 7 nitrogen and oxygen atoms in total. The molecule has 1 fully saturated rings. The van der Waals surface area contributed by atoms with Crippen LogP contribution >= 0.6 is 0 Å². The number of nitriles is 1. The summed E-state index contributed by atoms with van der Waals surface area (Å²) < 4.78 is 7.09. The third-order valence-corrected chi connectivity index (χ3v) is 3.28. The van der Waals surface area contributed by atoms with E-state index in [4.69, 9.17) is 4.74 Å². The molecule has 1 saturated heterocycles. The molecule has 21 heavy (non-hydrogen) atoms. The van der Waals surface area contributed by atoms with Crippen molar-refractivity contribution in [2.75, 3.05) is 25.0 Å². The van der Waals surface area contributed by atoms with Crippen LogP contribution in [0.1, 0.15) is 33.3 Å². The van der Waals surface area contributed by atoms with Crippen LogP contribution in [0.4, 0.5) is 10.6 Å². The van der Waals surface area contributed by atoms with Gasteiger partial charge in [0.15, 0.2) is 5.82 Å². The van der Waals surface area contributed by atoms with Gasteiger partial charge in [-0.15, -0.1) is 0 Å². The summed E-state index contributed by atoms with van der Waals surface area (Å²) in [5.41, 5.74) is 0.113. The van der Waals surface area contributed by atoms with E-state index in [9.17, 15) is 10.1 Å². The van der Waals surface area contributed by atoms with Crippen LogP contribution in [0.5, 0.6) is 0 Å². The van der Waals surface area contributed by atoms with Crippen LogP contribution in [0.25, 0.3) is 0 Å². The molecular formula is C14H21N5O2. The molecule has 0 spiro atoms. The average molecular weight is 291 g/mol. The van der Waals surface area contributed by atoms with E-state index in [1.165, 1.54) is 0 Å². The molecule has 0 unspecified atom stereocenters. The van der Waals surface area contributed by atoms with E-state index in [2.05, 4.69) is 16.5 Å². The standard InChI is InChI=1S/C14H21N5O2/c1-10-8-18(5-6-21-10)13(20)16-12-11(7-15)9-19(17-12)14(2,3)4/h9-10H,5-6,8H2,1-4H3,(H,16,17,20)/t10-/m0/s1. The van der Waals surface area contributed by atoms with Crippen LogP contribution in [0.15, 0.2) is 6.20 Å². The van der Waals surface area contributed by atoms with Crippen molar-refractivity contribution in [3.05, 3.63) is 11.8 Å². The maximum Gasteiger partial charge on any atom is 0.323 e. The summed E-state index contributed by atoms with van der Waals surface area (Å²) in [6.45, 7) is 9.47. The van der Waals surface area contributed by atoms with Crippen molar-refractivity contribution >= 4 is 11.8 Å². The molecule has 1 aliphatic heterocycles. The Morgan fingerprint density at radius 2 is 2.29 bits per heavy atom. The minimum atomic E-state index is -0.249. The first-order valence-corrected chi connectivity index (χ1v) is 6.99. The number of amides is 2. The normalized spacial score (nSPS) is 19.2. The molecule has 1 N–H and O–H groups in total. The van der Waals surface area contributed by atoms with E-state index in [1.807, 2.05) is 27.7 Å². The molecule has 0 radical (unpaired) electrons. The summed E-state index contributed by atoms with van der Waals surface area (Å²) in [5.74, 6) is 0.302. The molecule has 1 aromatic rings. The molecule has 7 heteroatoms. The molecule has 2 heterocycles. The zero-order chi connectivity index (χ0) is 15.6. The third-order valence-electron chi connectivity index (χ3n) is 3.28. The second-order valence-corrected chi connectivity index (χ2v) is 6.18. The average Bonchev–Trinajstić information content (AvgIpc) is 2.81. The van der Waals surface area contributed by atoms with Gasteiger partial charge in [-0.2, -0.15) is 10.4 Å². The summed E-state index contributed by atoms with van der Waals surface area (Å²) in [6, 6.07) is 1.81. The van der Waals surface area contributed by atoms with Gasteiger partial charge in [-0.25, -0.2) is 4.79 Å². The Hall–Kier alpha value is -2.07. The van der Waals surface area contributed by atoms with Gasteiger partial charge in [-0.1, -0.05) is 0 Å². The molecule has 114 valence electrons. The number of carbonyl (C=O) groups excluding carboxylic acids is 1. The van der Waals surface area contributed by atoms with E-state index < -0.39 is 0 Å². The summed E-state index contributed by atoms with van der Waals surface area (Å²) in [4.78, 5) is 13.9. The van der Waals surface area contributed by atoms with Crippen LogP contribution in [-0.4, -0.2) is 46.5 Å². The van der Waals surface area contributed by atoms with Crippen LogP contribution in [0.3, 0.4) is 0 Å². The Balaban J connectivity index is 2.14. The van der Waals surface area contributed by atoms with Crippen molar-refractivity contribution in [3.8, 4) is 6.07 Å². The summed E-state index contributed by atoms with van der Waals surface area (Å²) >= 11 is 0. The lowest BCUT2D eigenvalue weighted by Crippen LogP contribution is -2.46. The number of ether oxygens (including phenoxy) is 1. The third kappa shape index (κ3) is 3.52. The second-order valence-electron chi connectivity index (χ2n) is 6.18. The van der Waals surface area contributed by atoms with Gasteiger partial charge >= 0.3 is 6.03 Å². The second kappa shape index (κ2) is 5.74. The Kier molecular flexibility index (Phi) is 4.19. The predicted molar refractivity (Wildman–Crippen MR) is 77.9 cm³/mol. The molecule has 0 aromatic carbocycles. The molecule has 1 aliphatic rings. The minimum Gasteiger partial charge on any atom is -0.375 e. The maximum absolute atomic E-state index is 12.2. The highest BCUT2D eigenvalue weighted by Crippen LogP contribution is 2.19. The first kappa shape index (κ1) is 15.3. The Bertz CT molecular complexity index is 567. The van der Waals surface area contributed by atoms with Crippen molar-refractivity contribution in [3.63, 3.8) is 0 Å². The molecule has 0 aliphatic carbocycles. The van der Waals surface area contributed by atoms with Gasteiger partial charge in [0.05, 0.1) is 18.2 Å². The highest BCUT2D eigenvalue weighted by atomic mass is 16.5. The van der Waals surface area contributed by atoms with E-state index in [-0.39, 0.29) is 17.7 Å². The summed E-state index contributed by atoms with van der Waals surface area (Å²) in [6.07, 6.45) is 1.67. The number of nitrogens with one attached hydrogen (secondary N) is 1. The minimum absolute atomic E-state index is 0.0204. The van der Waals surface area contributed by atoms with Crippen LogP contribution < -0.4 is 5.32 Å². The van der Waals surface area contributed by atoms with Gasteiger partial charge in [0, 0.05) is 19.3 Å². The molecule has 1 atom stereocenters. The first-order valence-electron chi connectivity index (χ1n) is 6.99. The zero-order valence-electron chi connectivity index (χ0n) is 12.9. The number of carbonyl (C=O) groups is 1. The van der Waals surface area contributed by atoms with E-state index >= 15 is 0 Å². The predicted octanol–water partition coefficient (Wildman–Crippen LogP) is 1.76. The topological polar surface area (TPSA) is 83.2 Å². The summed E-state index contributed by atoms with van der Waals surface area (Å²) in [5, 5.41) is 16.2. The van der Waals surface area contributed by atoms with Crippen molar-refractivity contribution < 1.29 is 9.53 Å². The molecule has 0 saturated carbocycles. The number of rotatable bonds is 1. The van der Waals surface area contributed by atoms with Crippen LogP contribution in [0.2, 0.25) is 0 Å². The maximum atomic E-state index is 12.2. The zero-order valence-corrected chi connectivity index (χ0v) is 12.9. The van der Waals surface area contributed by atoms with E-state index in [0.717, 1.165) is 0 Å². The highest BCUT2D eigenvalue weighted by Gasteiger charge is 2.24. The molecule has 2 amide bonds. The van der Waals surface area contributed by atoms with Crippen LogP contribution in [-0.2, 0) is 10.3 Å². The van der Waals surface area contributed by atoms with Crippen LogP contribution in [0, 0.1) is 11.3 Å². The molecular weight excluding hydrogens is 270 g/mol. The lowest BCUT2D eigenvalue weighted by molar-refractivity contribution is -0.00140. The van der Waals surface area contributed by atoms with Crippen molar-refractivity contribution in [1.82, 2.24) is 14.7 Å². The fourth-order valence-corrected chi connectivity index (χ4v) is 2.07. The van der Waals surface area contributed by atoms with Crippen molar-refractivity contribution in [2.45, 2.75) is 39.3 Å². The van der Waals surface area contributed by atoms with E-state index in [0.29, 0.717) is 31.1 Å². The number of urea groups is 1. The number of hydrogen-bond donors (Lipinski definition) is 1. The number of nitrogens with zero attached hydrogens (tertiary/aromatic N) is 4. The summed E-state index contributed by atoms with van der Waals surface area (Å²) in [7, 11) is 0. The molecule has 1 aromatic heterocycles. The Morgan fingerprint density at radius 1 is 1.57 bits per heavy atom. The van der Waals surface area contributed by atoms with Gasteiger partial charge in [-0.3, -0.25) is 10.00 Å². The van der Waals surface area contributed by atoms with Gasteiger partial charge in [0.25, 0.3) is 0 Å². The Morgan fingerprint density at radius 3 is 2.86 bits per heavy atom. The smallest absolute Gasteiger partial charge is 0.323 e. The van der Waals surface area contributed by atoms with Crippen molar-refractivity contribution in [2.24, 2.45) is 0 Å². The number of morpholine rings is 1. The van der Waals surface area contributed by atoms with Gasteiger partial charge in [-0.05, 0) is 27.7 Å². The first-order chi connectivity index (χ1) is 9.81. The quantitative estimate of drug-likeness (QED) is 0.854. The lowest BCUT2D eigenvalue weighted by Gasteiger charge is -2.30. The fraction of sp³-hybridized carbons (Fsp3) is 0.643. The van der Waals surface area contributed by atoms with Gasteiger partial charge in [0.1, 0.15) is 11.6 Å². The largest absolute Gasteiger partial charge is 0.375 e. The number of hydrogen-bond acceptors (Lipinski definition) is 4. The number of aromatic nitrogens is 2.